The number of hydrogen-bond donors (Lipinski definition) is 1. The molecule has 1 fully saturated rings. The summed E-state index contributed by atoms with van der Waals surface area (Å²) in [5, 5.41) is 15.9. The van der Waals surface area contributed by atoms with Crippen molar-refractivity contribution in [2.75, 3.05) is 12.3 Å². The molecule has 2 N–H and O–H groups in total. The standard InChI is InChI=1S/C21H21N7O/c1-12-6-7-17-16(11-25-28(17)18-5-3-4-8-29-18)19(12)27-20(23)14(9-22)15-10-24-13(2)26-21(15)27/h6-7,10-11,18H,3-5,8,23H2,1-2H3. The van der Waals surface area contributed by atoms with Crippen molar-refractivity contribution in [3.63, 3.8) is 0 Å². The maximum absolute atomic E-state index is 9.67. The number of nitrogen functional groups attached to an aromatic ring is 1. The average Bonchev–Trinajstić information content (AvgIpc) is 3.27. The normalized spacial score (nSPS) is 17.1. The molecule has 0 aliphatic carbocycles. The van der Waals surface area contributed by atoms with Gasteiger partial charge in [-0.05, 0) is 44.7 Å². The molecular formula is C21H21N7O. The Kier molecular flexibility index (Phi) is 4.00. The molecule has 5 rings (SSSR count). The zero-order valence-electron chi connectivity index (χ0n) is 16.4. The van der Waals surface area contributed by atoms with Gasteiger partial charge in [-0.2, -0.15) is 10.4 Å². The van der Waals surface area contributed by atoms with Crippen LogP contribution in [-0.2, 0) is 4.74 Å². The number of nitrogens with zero attached hydrogens (tertiary/aromatic N) is 6. The Morgan fingerprint density at radius 3 is 2.83 bits per heavy atom. The molecule has 29 heavy (non-hydrogen) atoms. The number of fused-ring (bicyclic) bond motifs is 2. The van der Waals surface area contributed by atoms with Crippen molar-refractivity contribution in [1.82, 2.24) is 24.3 Å². The summed E-state index contributed by atoms with van der Waals surface area (Å²) in [5.41, 5.74) is 10.3. The molecule has 0 spiro atoms. The lowest BCUT2D eigenvalue weighted by Gasteiger charge is -2.23. The van der Waals surface area contributed by atoms with Crippen LogP contribution in [0.5, 0.6) is 0 Å². The van der Waals surface area contributed by atoms with E-state index in [4.69, 9.17) is 10.5 Å². The van der Waals surface area contributed by atoms with Crippen molar-refractivity contribution >= 4 is 27.8 Å². The van der Waals surface area contributed by atoms with Gasteiger partial charge in [0.15, 0.2) is 11.9 Å². The number of ether oxygens (including phenoxy) is 1. The Bertz CT molecular complexity index is 1290. The number of aromatic nitrogens is 5. The highest BCUT2D eigenvalue weighted by Crippen LogP contribution is 2.36. The highest BCUT2D eigenvalue weighted by atomic mass is 16.5. The first-order valence-electron chi connectivity index (χ1n) is 9.72. The second-order valence-electron chi connectivity index (χ2n) is 7.44. The first-order chi connectivity index (χ1) is 14.1. The van der Waals surface area contributed by atoms with Crippen molar-refractivity contribution in [3.8, 4) is 11.8 Å². The van der Waals surface area contributed by atoms with Crippen LogP contribution in [0.25, 0.3) is 27.6 Å². The number of hydrogen-bond acceptors (Lipinski definition) is 6. The molecule has 8 nitrogen and oxygen atoms in total. The second kappa shape index (κ2) is 6.57. The van der Waals surface area contributed by atoms with E-state index in [0.717, 1.165) is 48.0 Å². The Morgan fingerprint density at radius 1 is 1.21 bits per heavy atom. The van der Waals surface area contributed by atoms with Gasteiger partial charge in [-0.3, -0.25) is 4.57 Å². The minimum Gasteiger partial charge on any atom is -0.384 e. The van der Waals surface area contributed by atoms with Gasteiger partial charge >= 0.3 is 0 Å². The van der Waals surface area contributed by atoms with Crippen molar-refractivity contribution in [2.45, 2.75) is 39.3 Å². The first kappa shape index (κ1) is 17.6. The van der Waals surface area contributed by atoms with Crippen LogP contribution in [0.4, 0.5) is 5.82 Å². The number of rotatable bonds is 2. The van der Waals surface area contributed by atoms with Crippen LogP contribution in [0.3, 0.4) is 0 Å². The molecule has 1 aliphatic heterocycles. The molecule has 1 unspecified atom stereocenters. The maximum Gasteiger partial charge on any atom is 0.151 e. The van der Waals surface area contributed by atoms with E-state index in [1.54, 1.807) is 6.20 Å². The quantitative estimate of drug-likeness (QED) is 0.564. The summed E-state index contributed by atoms with van der Waals surface area (Å²) in [7, 11) is 0. The van der Waals surface area contributed by atoms with Gasteiger partial charge in [0.05, 0.1) is 22.8 Å². The molecule has 1 saturated heterocycles. The fraction of sp³-hybridized carbons (Fsp3) is 0.333. The first-order valence-corrected chi connectivity index (χ1v) is 9.72. The zero-order valence-corrected chi connectivity index (χ0v) is 16.4. The van der Waals surface area contributed by atoms with Gasteiger partial charge in [-0.25, -0.2) is 14.6 Å². The minimum atomic E-state index is -0.0604. The van der Waals surface area contributed by atoms with Gasteiger partial charge < -0.3 is 10.5 Å². The van der Waals surface area contributed by atoms with Gasteiger partial charge in [0.2, 0.25) is 0 Å². The molecule has 4 heterocycles. The summed E-state index contributed by atoms with van der Waals surface area (Å²) in [4.78, 5) is 8.84. The highest BCUT2D eigenvalue weighted by molar-refractivity contribution is 5.96. The van der Waals surface area contributed by atoms with Gasteiger partial charge in [-0.1, -0.05) is 6.07 Å². The van der Waals surface area contributed by atoms with Crippen molar-refractivity contribution in [2.24, 2.45) is 0 Å². The molecule has 8 heteroatoms. The summed E-state index contributed by atoms with van der Waals surface area (Å²) in [6, 6.07) is 6.31. The van der Waals surface area contributed by atoms with Gasteiger partial charge in [0, 0.05) is 18.2 Å². The van der Waals surface area contributed by atoms with E-state index in [0.29, 0.717) is 28.2 Å². The number of nitrogens with two attached hydrogens (primary N) is 1. The summed E-state index contributed by atoms with van der Waals surface area (Å²) >= 11 is 0. The van der Waals surface area contributed by atoms with Crippen LogP contribution in [0.15, 0.2) is 24.5 Å². The molecule has 0 radical (unpaired) electrons. The van der Waals surface area contributed by atoms with Crippen molar-refractivity contribution < 1.29 is 4.74 Å². The number of aryl methyl sites for hydroxylation is 2. The summed E-state index contributed by atoms with van der Waals surface area (Å²) in [5.74, 6) is 0.983. The third kappa shape index (κ3) is 2.58. The Balaban J connectivity index is 1.81. The van der Waals surface area contributed by atoms with Crippen molar-refractivity contribution in [3.05, 3.63) is 41.5 Å². The second-order valence-corrected chi connectivity index (χ2v) is 7.44. The molecule has 1 atom stereocenters. The molecule has 4 aromatic rings. The third-order valence-electron chi connectivity index (χ3n) is 5.58. The fourth-order valence-electron chi connectivity index (χ4n) is 4.17. The monoisotopic (exact) mass is 387 g/mol. The Morgan fingerprint density at radius 2 is 2.07 bits per heavy atom. The molecule has 3 aromatic heterocycles. The predicted octanol–water partition coefficient (Wildman–Crippen LogP) is 3.54. The third-order valence-corrected chi connectivity index (χ3v) is 5.58. The topological polar surface area (TPSA) is 108 Å². The lowest BCUT2D eigenvalue weighted by molar-refractivity contribution is -0.0366. The van der Waals surface area contributed by atoms with E-state index >= 15 is 0 Å². The van der Waals surface area contributed by atoms with Gasteiger partial charge in [-0.15, -0.1) is 0 Å². The smallest absolute Gasteiger partial charge is 0.151 e. The SMILES string of the molecule is Cc1ncc2c(C#N)c(N)n(-c3c(C)ccc4c3cnn4C3CCCCO3)c2n1. The van der Waals surface area contributed by atoms with Gasteiger partial charge in [0.25, 0.3) is 0 Å². The lowest BCUT2D eigenvalue weighted by atomic mass is 10.1. The lowest BCUT2D eigenvalue weighted by Crippen LogP contribution is -2.19. The largest absolute Gasteiger partial charge is 0.384 e. The summed E-state index contributed by atoms with van der Waals surface area (Å²) in [6.07, 6.45) is 6.61. The number of anilines is 1. The predicted molar refractivity (Wildman–Crippen MR) is 110 cm³/mol. The Hall–Kier alpha value is -3.44. The van der Waals surface area contributed by atoms with Crippen LogP contribution in [-0.4, -0.2) is 30.9 Å². The fourth-order valence-corrected chi connectivity index (χ4v) is 4.17. The summed E-state index contributed by atoms with van der Waals surface area (Å²) < 4.78 is 9.75. The van der Waals surface area contributed by atoms with Crippen LogP contribution in [0.1, 0.15) is 42.4 Å². The number of benzene rings is 1. The van der Waals surface area contributed by atoms with Crippen LogP contribution in [0, 0.1) is 25.2 Å². The van der Waals surface area contributed by atoms with E-state index < -0.39 is 0 Å². The number of nitriles is 1. The molecular weight excluding hydrogens is 366 g/mol. The van der Waals surface area contributed by atoms with E-state index in [1.807, 2.05) is 35.4 Å². The van der Waals surface area contributed by atoms with E-state index in [-0.39, 0.29) is 6.23 Å². The summed E-state index contributed by atoms with van der Waals surface area (Å²) in [6.45, 7) is 4.60. The van der Waals surface area contributed by atoms with E-state index in [2.05, 4.69) is 27.2 Å². The Labute approximate surface area is 167 Å². The highest BCUT2D eigenvalue weighted by Gasteiger charge is 2.24. The average molecular weight is 387 g/mol. The van der Waals surface area contributed by atoms with Gasteiger partial charge in [0.1, 0.15) is 23.3 Å². The van der Waals surface area contributed by atoms with Crippen LogP contribution >= 0.6 is 0 Å². The molecule has 0 saturated carbocycles. The van der Waals surface area contributed by atoms with Crippen LogP contribution in [0.2, 0.25) is 0 Å². The molecule has 0 bridgehead atoms. The molecule has 0 amide bonds. The van der Waals surface area contributed by atoms with E-state index in [1.165, 1.54) is 0 Å². The molecule has 1 aliphatic rings. The molecule has 146 valence electrons. The maximum atomic E-state index is 9.67. The van der Waals surface area contributed by atoms with Crippen LogP contribution < -0.4 is 5.73 Å². The van der Waals surface area contributed by atoms with E-state index in [9.17, 15) is 5.26 Å². The minimum absolute atomic E-state index is 0.0604. The molecule has 1 aromatic carbocycles. The van der Waals surface area contributed by atoms with Crippen molar-refractivity contribution in [1.29, 1.82) is 5.26 Å². The zero-order chi connectivity index (χ0) is 20.1.